The second-order valence-corrected chi connectivity index (χ2v) is 23.3. The molecule has 0 bridgehead atoms. The van der Waals surface area contributed by atoms with Crippen LogP contribution in [0, 0.1) is 10.1 Å². The van der Waals surface area contributed by atoms with Gasteiger partial charge in [0, 0.05) is 17.8 Å². The van der Waals surface area contributed by atoms with Gasteiger partial charge >= 0.3 is 0 Å². The minimum atomic E-state index is -5.26. The van der Waals surface area contributed by atoms with Crippen LogP contribution in [0.3, 0.4) is 0 Å². The summed E-state index contributed by atoms with van der Waals surface area (Å²) in [6, 6.07) is 21.3. The summed E-state index contributed by atoms with van der Waals surface area (Å²) in [6.45, 7) is -0.558. The number of nitrogen functional groups attached to an aromatic ring is 1. The highest BCUT2D eigenvalue weighted by atomic mass is 32.2. The molecule has 0 spiro atoms. The molecule has 0 aliphatic rings. The number of fused-ring (bicyclic) bond motifs is 1. The number of sulfonamides is 1. The summed E-state index contributed by atoms with van der Waals surface area (Å²) in [7, 11) is -19.1. The fourth-order valence-electron chi connectivity index (χ4n) is 6.64. The molecule has 10 N–H and O–H groups in total. The number of non-ortho nitro benzene ring substituents is 1. The summed E-state index contributed by atoms with van der Waals surface area (Å²) >= 11 is 0.241. The highest BCUT2D eigenvalue weighted by molar-refractivity contribution is 7.94. The third-order valence-corrected chi connectivity index (χ3v) is 16.2. The predicted molar refractivity (Wildman–Crippen MR) is 280 cm³/mol. The van der Waals surface area contributed by atoms with E-state index in [2.05, 4.69) is 64.4 Å². The number of aromatic hydroxyl groups is 3. The predicted octanol–water partition coefficient (Wildman–Crippen LogP) is 10.6. The van der Waals surface area contributed by atoms with Gasteiger partial charge in [0.15, 0.2) is 39.3 Å². The summed E-state index contributed by atoms with van der Waals surface area (Å²) in [5.41, 5.74) is 3.18. The molecule has 0 aliphatic carbocycles. The number of sulfone groups is 1. The van der Waals surface area contributed by atoms with Gasteiger partial charge < -0.3 is 21.1 Å². The Balaban J connectivity index is 1.11. The molecule has 0 unspecified atom stereocenters. The maximum absolute atomic E-state index is 13.3. The molecular weight excluding hydrogens is 1200 g/mol. The Hall–Kier alpha value is -8.26. The number of benzene rings is 7. The lowest BCUT2D eigenvalue weighted by molar-refractivity contribution is -0.434. The molecule has 81 heavy (non-hydrogen) atoms. The van der Waals surface area contributed by atoms with Crippen LogP contribution in [0.15, 0.2) is 181 Å². The van der Waals surface area contributed by atoms with Gasteiger partial charge in [-0.25, -0.2) is 27.4 Å². The van der Waals surface area contributed by atoms with E-state index in [-0.39, 0.29) is 73.7 Å². The molecule has 0 heterocycles. The lowest BCUT2D eigenvalue weighted by Crippen LogP contribution is -2.12. The number of nitrogens with zero attached hydrogens (tertiary/aromatic N) is 9. The molecular formula is C42H33N11O22S6. The summed E-state index contributed by atoms with van der Waals surface area (Å²) < 4.78 is 138. The summed E-state index contributed by atoms with van der Waals surface area (Å²) in [4.78, 5) is 7.01. The van der Waals surface area contributed by atoms with Crippen molar-refractivity contribution in [2.45, 2.75) is 24.5 Å². The Kier molecular flexibility index (Phi) is 19.0. The van der Waals surface area contributed by atoms with Crippen LogP contribution in [0.1, 0.15) is 0 Å². The Morgan fingerprint density at radius 3 is 1.74 bits per heavy atom. The van der Waals surface area contributed by atoms with E-state index in [9.17, 15) is 68.2 Å². The number of anilines is 2. The van der Waals surface area contributed by atoms with Crippen LogP contribution in [-0.4, -0.2) is 85.9 Å². The van der Waals surface area contributed by atoms with Crippen LogP contribution >= 0.6 is 24.4 Å². The first-order valence-corrected chi connectivity index (χ1v) is 28.8. The number of nitrogens with two attached hydrogens (primary N) is 1. The van der Waals surface area contributed by atoms with Crippen LogP contribution in [0.5, 0.6) is 17.2 Å². The van der Waals surface area contributed by atoms with Crippen LogP contribution < -0.4 is 10.5 Å². The minimum absolute atomic E-state index is 0.0207. The lowest BCUT2D eigenvalue weighted by Gasteiger charge is -2.14. The number of phenols is 3. The van der Waals surface area contributed by atoms with Crippen molar-refractivity contribution in [3.8, 4) is 17.2 Å². The van der Waals surface area contributed by atoms with Crippen molar-refractivity contribution < 1.29 is 96.5 Å². The summed E-state index contributed by atoms with van der Waals surface area (Å²) in [6.07, 6.45) is 0. The number of hydrogen-bond acceptors (Lipinski definition) is 31. The zero-order valence-electron chi connectivity index (χ0n) is 39.7. The molecule has 39 heteroatoms. The molecule has 7 aromatic carbocycles. The smallest absolute Gasteiger partial charge is 0.296 e. The van der Waals surface area contributed by atoms with E-state index in [1.165, 1.54) is 66.7 Å². The second kappa shape index (κ2) is 25.5. The number of azo groups is 4. The molecule has 0 fully saturated rings. The van der Waals surface area contributed by atoms with E-state index in [1.807, 2.05) is 0 Å². The van der Waals surface area contributed by atoms with E-state index in [0.29, 0.717) is 6.07 Å². The zero-order chi connectivity index (χ0) is 58.9. The van der Waals surface area contributed by atoms with Gasteiger partial charge in [-0.05, 0) is 109 Å². The minimum Gasteiger partial charge on any atom is -0.505 e. The highest BCUT2D eigenvalue weighted by Gasteiger charge is 2.27. The molecule has 0 saturated carbocycles. The lowest BCUT2D eigenvalue weighted by atomic mass is 10.1. The standard InChI is InChI=1S/C42H33N11O22S6/c43-37-36-22(19-33(76-74-72-59)39(37)50-47-30-14-13-29(21-34(30)80(65,66)67)78(61,62)18-17-71-77-75-73-60)20-35(81(68,69)70)40(42(36)56)51-46-23-1-3-26(4-2-23)52-79(63,64)28-11-7-25(8-12-28)45-49-38-32(54)16-15-31(41(38)55)48-44-24-5-9-27(10-6-24)53(57)58/h1-16,19-21,52,54-56,59-60H,17-18,43H2,(H,65,66,67)(H,68,69,70)/b48-44?,49-45+,50-47+,51-46+. The molecule has 0 atom stereocenters. The van der Waals surface area contributed by atoms with Crippen LogP contribution in [0.4, 0.5) is 62.6 Å². The molecule has 0 amide bonds. The molecule has 33 nitrogen and oxygen atoms in total. The monoisotopic (exact) mass is 1240 g/mol. The number of rotatable bonds is 24. The summed E-state index contributed by atoms with van der Waals surface area (Å²) in [5.74, 6) is -2.94. The Labute approximate surface area is 462 Å². The first kappa shape index (κ1) is 60.4. The third kappa shape index (κ3) is 15.0. The number of nitro groups is 1. The van der Waals surface area contributed by atoms with E-state index < -0.39 is 123 Å². The van der Waals surface area contributed by atoms with Gasteiger partial charge in [-0.2, -0.15) is 32.2 Å². The first-order valence-electron chi connectivity index (χ1n) is 21.4. The summed E-state index contributed by atoms with van der Waals surface area (Å²) in [5, 5.41) is 97.8. The van der Waals surface area contributed by atoms with Crippen molar-refractivity contribution in [2.75, 3.05) is 22.8 Å². The van der Waals surface area contributed by atoms with Gasteiger partial charge in [-0.15, -0.1) is 34.2 Å². The fraction of sp³-hybridized carbons (Fsp3) is 0.0476. The van der Waals surface area contributed by atoms with Gasteiger partial charge in [-0.1, -0.05) is 10.1 Å². The maximum atomic E-state index is 13.3. The van der Waals surface area contributed by atoms with Crippen molar-refractivity contribution in [3.63, 3.8) is 0 Å². The molecule has 0 aliphatic heterocycles. The number of nitrogens with one attached hydrogen (secondary N) is 1. The maximum Gasteiger partial charge on any atom is 0.296 e. The normalized spacial score (nSPS) is 12.6. The SMILES string of the molecule is Nc1c(/N=N/c2ccc(S(=O)(=O)CCOSOOO)cc2S(=O)(=O)O)c(SOOO)cc2cc(S(=O)(=O)O)c(/N=N/c3ccc(NS(=O)(=O)c4ccc(/N=N/c5c(O)ccc(N=Nc6ccc([N+](=O)[O-])cc6)c5O)cc4)cc3)c(O)c12. The second-order valence-electron chi connectivity index (χ2n) is 15.5. The average Bonchev–Trinajstić information content (AvgIpc) is 3.59. The van der Waals surface area contributed by atoms with E-state index in [1.54, 1.807) is 0 Å². The topological polar surface area (TPSA) is 504 Å². The quantitative estimate of drug-likeness (QED) is 0.00397. The molecule has 0 radical (unpaired) electrons. The number of hydrogen-bond donors (Lipinski definition) is 9. The fourth-order valence-corrected chi connectivity index (χ4v) is 11.0. The zero-order valence-corrected chi connectivity index (χ0v) is 44.6. The van der Waals surface area contributed by atoms with Gasteiger partial charge in [0.05, 0.1) is 72.1 Å². The van der Waals surface area contributed by atoms with Gasteiger partial charge in [0.25, 0.3) is 35.9 Å². The number of nitro benzene ring substituents is 1. The first-order chi connectivity index (χ1) is 38.3. The number of phenolic OH excluding ortho intramolecular Hbond substituents is 3. The Morgan fingerprint density at radius 2 is 1.14 bits per heavy atom. The van der Waals surface area contributed by atoms with Crippen molar-refractivity contribution >= 4 is 138 Å². The van der Waals surface area contributed by atoms with Crippen molar-refractivity contribution in [1.29, 1.82) is 0 Å². The van der Waals surface area contributed by atoms with Gasteiger partial charge in [0.2, 0.25) is 0 Å². The largest absolute Gasteiger partial charge is 0.505 e. The highest BCUT2D eigenvalue weighted by Crippen LogP contribution is 2.50. The van der Waals surface area contributed by atoms with Gasteiger partial charge in [0.1, 0.15) is 38.3 Å². The van der Waals surface area contributed by atoms with E-state index in [0.717, 1.165) is 42.5 Å². The van der Waals surface area contributed by atoms with Gasteiger partial charge in [-0.3, -0.25) is 28.1 Å². The average molecular weight is 1240 g/mol. The van der Waals surface area contributed by atoms with Crippen LogP contribution in [-0.2, 0) is 63.0 Å². The van der Waals surface area contributed by atoms with Crippen LogP contribution in [0.25, 0.3) is 10.8 Å². The Morgan fingerprint density at radius 1 is 0.593 bits per heavy atom. The van der Waals surface area contributed by atoms with E-state index in [4.69, 9.17) is 20.4 Å². The molecule has 0 aromatic heterocycles. The van der Waals surface area contributed by atoms with Crippen molar-refractivity contribution in [1.82, 2.24) is 0 Å². The molecule has 7 aromatic rings. The van der Waals surface area contributed by atoms with Crippen molar-refractivity contribution in [3.05, 3.63) is 125 Å². The third-order valence-electron chi connectivity index (χ3n) is 10.4. The van der Waals surface area contributed by atoms with E-state index >= 15 is 0 Å². The Bertz CT molecular complexity index is 4140. The molecule has 424 valence electrons. The molecule has 0 saturated heterocycles. The van der Waals surface area contributed by atoms with Crippen LogP contribution in [0.2, 0.25) is 0 Å². The van der Waals surface area contributed by atoms with Crippen molar-refractivity contribution in [2.24, 2.45) is 40.9 Å². The molecule has 7 rings (SSSR count).